The molecule has 0 spiro atoms. The van der Waals surface area contributed by atoms with E-state index in [1.165, 1.54) is 0 Å². The molecule has 1 aromatic rings. The summed E-state index contributed by atoms with van der Waals surface area (Å²) >= 11 is 0. The van der Waals surface area contributed by atoms with E-state index in [4.69, 9.17) is 10.5 Å². The molecule has 1 aliphatic heterocycles. The van der Waals surface area contributed by atoms with Gasteiger partial charge in [0.15, 0.2) is 0 Å². The predicted octanol–water partition coefficient (Wildman–Crippen LogP) is 2.81. The summed E-state index contributed by atoms with van der Waals surface area (Å²) in [5, 5.41) is 2.95. The number of ether oxygens (including phenoxy) is 1. The van der Waals surface area contributed by atoms with Crippen LogP contribution in [0.15, 0.2) is 24.3 Å². The van der Waals surface area contributed by atoms with Gasteiger partial charge in [-0.1, -0.05) is 6.42 Å². The summed E-state index contributed by atoms with van der Waals surface area (Å²) in [6, 6.07) is 7.25. The lowest BCUT2D eigenvalue weighted by Gasteiger charge is -2.35. The second-order valence-electron chi connectivity index (χ2n) is 7.66. The summed E-state index contributed by atoms with van der Waals surface area (Å²) in [4.78, 5) is 26.9. The van der Waals surface area contributed by atoms with Gasteiger partial charge in [0.2, 0.25) is 5.91 Å². The maximum atomic E-state index is 12.7. The first-order valence-electron chi connectivity index (χ1n) is 9.53. The molecule has 7 heteroatoms. The van der Waals surface area contributed by atoms with Crippen molar-refractivity contribution in [1.29, 1.82) is 0 Å². The number of morpholine rings is 1. The van der Waals surface area contributed by atoms with Gasteiger partial charge in [0.05, 0.1) is 12.2 Å². The average molecular weight is 396 g/mol. The number of benzene rings is 1. The van der Waals surface area contributed by atoms with Gasteiger partial charge in [-0.15, -0.1) is 12.4 Å². The highest BCUT2D eigenvalue weighted by Gasteiger charge is 2.27. The largest absolute Gasteiger partial charge is 0.372 e. The molecule has 1 aliphatic carbocycles. The summed E-state index contributed by atoms with van der Waals surface area (Å²) in [5.41, 5.74) is 7.31. The third kappa shape index (κ3) is 5.67. The zero-order valence-electron chi connectivity index (χ0n) is 16.0. The van der Waals surface area contributed by atoms with Crippen molar-refractivity contribution < 1.29 is 14.3 Å². The number of hydrogen-bond acceptors (Lipinski definition) is 4. The van der Waals surface area contributed by atoms with Gasteiger partial charge >= 0.3 is 0 Å². The minimum atomic E-state index is -0.0172. The number of carbonyl (C=O) groups is 2. The van der Waals surface area contributed by atoms with Crippen molar-refractivity contribution in [2.45, 2.75) is 57.8 Å². The first kappa shape index (κ1) is 21.7. The molecule has 1 aromatic carbocycles. The molecule has 3 N–H and O–H groups in total. The smallest absolute Gasteiger partial charge is 0.254 e. The van der Waals surface area contributed by atoms with Gasteiger partial charge in [-0.2, -0.15) is 0 Å². The second-order valence-corrected chi connectivity index (χ2v) is 7.66. The lowest BCUT2D eigenvalue weighted by atomic mass is 9.85. The zero-order chi connectivity index (χ0) is 18.7. The van der Waals surface area contributed by atoms with Crippen LogP contribution >= 0.6 is 12.4 Å². The van der Waals surface area contributed by atoms with Gasteiger partial charge in [0.1, 0.15) is 0 Å². The van der Waals surface area contributed by atoms with Crippen LogP contribution in [-0.2, 0) is 9.53 Å². The van der Waals surface area contributed by atoms with Crippen molar-refractivity contribution >= 4 is 29.9 Å². The van der Waals surface area contributed by atoms with E-state index in [-0.39, 0.29) is 48.4 Å². The Morgan fingerprint density at radius 2 is 1.74 bits per heavy atom. The van der Waals surface area contributed by atoms with Crippen molar-refractivity contribution in [3.8, 4) is 0 Å². The van der Waals surface area contributed by atoms with Crippen LogP contribution in [0.5, 0.6) is 0 Å². The standard InChI is InChI=1S/C20H29N3O3.ClH/c1-13-11-23(12-14(2)26-13)20(25)15-6-8-18(9-7-15)22-19(24)16-4-3-5-17(21)10-16;/h6-9,13-14,16-17H,3-5,10-12,21H2,1-2H3,(H,22,24);1H. The monoisotopic (exact) mass is 395 g/mol. The Kier molecular flexibility index (Phi) is 7.65. The van der Waals surface area contributed by atoms with Gasteiger partial charge in [-0.25, -0.2) is 0 Å². The SMILES string of the molecule is CC1CN(C(=O)c2ccc(NC(=O)C3CCCC(N)C3)cc2)CC(C)O1.Cl. The maximum Gasteiger partial charge on any atom is 0.254 e. The van der Waals surface area contributed by atoms with E-state index in [2.05, 4.69) is 5.32 Å². The van der Waals surface area contributed by atoms with E-state index >= 15 is 0 Å². The van der Waals surface area contributed by atoms with Crippen LogP contribution in [0.3, 0.4) is 0 Å². The van der Waals surface area contributed by atoms with Gasteiger partial charge in [-0.05, 0) is 57.4 Å². The molecule has 150 valence electrons. The lowest BCUT2D eigenvalue weighted by molar-refractivity contribution is -0.120. The number of nitrogens with two attached hydrogens (primary N) is 1. The molecule has 0 bridgehead atoms. The van der Waals surface area contributed by atoms with Crippen LogP contribution in [0.1, 0.15) is 49.9 Å². The topological polar surface area (TPSA) is 84.7 Å². The Morgan fingerprint density at radius 3 is 2.33 bits per heavy atom. The van der Waals surface area contributed by atoms with Crippen molar-refractivity contribution in [1.82, 2.24) is 4.90 Å². The van der Waals surface area contributed by atoms with Crippen LogP contribution in [0.2, 0.25) is 0 Å². The minimum absolute atomic E-state index is 0. The fourth-order valence-electron chi connectivity index (χ4n) is 3.93. The highest BCUT2D eigenvalue weighted by molar-refractivity contribution is 5.96. The summed E-state index contributed by atoms with van der Waals surface area (Å²) < 4.78 is 5.68. The molecule has 2 fully saturated rings. The Morgan fingerprint density at radius 1 is 1.11 bits per heavy atom. The molecule has 4 atom stereocenters. The summed E-state index contributed by atoms with van der Waals surface area (Å²) in [7, 11) is 0. The van der Waals surface area contributed by atoms with Crippen LogP contribution in [0, 0.1) is 5.92 Å². The van der Waals surface area contributed by atoms with Crippen molar-refractivity contribution in [2.75, 3.05) is 18.4 Å². The van der Waals surface area contributed by atoms with Gasteiger partial charge in [0, 0.05) is 36.3 Å². The molecule has 2 amide bonds. The number of rotatable bonds is 3. The molecule has 4 unspecified atom stereocenters. The number of carbonyl (C=O) groups excluding carboxylic acids is 2. The molecular weight excluding hydrogens is 366 g/mol. The normalized spacial score (nSPS) is 28.2. The van der Waals surface area contributed by atoms with Crippen LogP contribution < -0.4 is 11.1 Å². The number of nitrogens with zero attached hydrogens (tertiary/aromatic N) is 1. The molecule has 2 aliphatic rings. The number of nitrogens with one attached hydrogen (secondary N) is 1. The molecule has 1 saturated carbocycles. The fourth-order valence-corrected chi connectivity index (χ4v) is 3.93. The van der Waals surface area contributed by atoms with Crippen molar-refractivity contribution in [3.63, 3.8) is 0 Å². The van der Waals surface area contributed by atoms with Gasteiger partial charge in [0.25, 0.3) is 5.91 Å². The third-order valence-electron chi connectivity index (χ3n) is 5.19. The maximum absolute atomic E-state index is 12.7. The average Bonchev–Trinajstić information content (AvgIpc) is 2.61. The van der Waals surface area contributed by atoms with E-state index in [1.54, 1.807) is 24.3 Å². The predicted molar refractivity (Wildman–Crippen MR) is 108 cm³/mol. The quantitative estimate of drug-likeness (QED) is 0.824. The number of amides is 2. The van der Waals surface area contributed by atoms with Crippen molar-refractivity contribution in [2.24, 2.45) is 11.7 Å². The van der Waals surface area contributed by atoms with Crippen LogP contribution in [0.25, 0.3) is 0 Å². The van der Waals surface area contributed by atoms with Crippen LogP contribution in [-0.4, -0.2) is 48.1 Å². The lowest BCUT2D eigenvalue weighted by Crippen LogP contribution is -2.48. The van der Waals surface area contributed by atoms with Crippen molar-refractivity contribution in [3.05, 3.63) is 29.8 Å². The zero-order valence-corrected chi connectivity index (χ0v) is 16.8. The Labute approximate surface area is 167 Å². The second kappa shape index (κ2) is 9.53. The molecule has 27 heavy (non-hydrogen) atoms. The number of hydrogen-bond donors (Lipinski definition) is 2. The van der Waals surface area contributed by atoms with Gasteiger partial charge < -0.3 is 20.7 Å². The van der Waals surface area contributed by atoms with E-state index in [0.29, 0.717) is 18.7 Å². The number of halogens is 1. The number of anilines is 1. The highest BCUT2D eigenvalue weighted by Crippen LogP contribution is 2.25. The highest BCUT2D eigenvalue weighted by atomic mass is 35.5. The van der Waals surface area contributed by atoms with Crippen LogP contribution in [0.4, 0.5) is 5.69 Å². The minimum Gasteiger partial charge on any atom is -0.372 e. The molecule has 3 rings (SSSR count). The third-order valence-corrected chi connectivity index (χ3v) is 5.19. The summed E-state index contributed by atoms with van der Waals surface area (Å²) in [6.45, 7) is 5.16. The Balaban J connectivity index is 0.00000261. The fraction of sp³-hybridized carbons (Fsp3) is 0.600. The summed E-state index contributed by atoms with van der Waals surface area (Å²) in [6.07, 6.45) is 3.73. The van der Waals surface area contributed by atoms with E-state index in [1.807, 2.05) is 18.7 Å². The Hall–Kier alpha value is -1.63. The van der Waals surface area contributed by atoms with E-state index in [0.717, 1.165) is 31.4 Å². The molecule has 1 saturated heterocycles. The first-order valence-corrected chi connectivity index (χ1v) is 9.53. The molecule has 6 nitrogen and oxygen atoms in total. The Bertz CT molecular complexity index is 642. The van der Waals surface area contributed by atoms with E-state index < -0.39 is 0 Å². The molecule has 0 radical (unpaired) electrons. The molecule has 1 heterocycles. The molecule has 0 aromatic heterocycles. The summed E-state index contributed by atoms with van der Waals surface area (Å²) in [5.74, 6) is 0.00886. The first-order chi connectivity index (χ1) is 12.4. The van der Waals surface area contributed by atoms with E-state index in [9.17, 15) is 9.59 Å². The molecular formula is C20H30ClN3O3. The van der Waals surface area contributed by atoms with Gasteiger partial charge in [-0.3, -0.25) is 9.59 Å².